The molecule has 8 rings (SSSR count). The molecule has 1 aromatic heterocycles. The molecule has 0 spiro atoms. The maximum Gasteiger partial charge on any atom is 0.107 e. The summed E-state index contributed by atoms with van der Waals surface area (Å²) in [6.07, 6.45) is 33.2. The first kappa shape index (κ1) is 26.2. The summed E-state index contributed by atoms with van der Waals surface area (Å²) in [5.41, 5.74) is 6.89. The number of aryl methyl sites for hydroxylation is 1. The molecule has 0 bridgehead atoms. The number of hydrogen-bond acceptors (Lipinski definition) is 1. The van der Waals surface area contributed by atoms with E-state index < -0.39 is 0 Å². The van der Waals surface area contributed by atoms with Gasteiger partial charge in [-0.25, -0.2) is 4.98 Å². The van der Waals surface area contributed by atoms with E-state index in [0.29, 0.717) is 29.7 Å². The van der Waals surface area contributed by atoms with Crippen LogP contribution in [-0.2, 0) is 6.42 Å². The monoisotopic (exact) mass is 558 g/mol. The predicted molar refractivity (Wildman–Crippen MR) is 181 cm³/mol. The SMILES string of the molecule is Cc1nc2c(n1C1C=CC=CC1)CC(C1=CC(C)C(c3c4ccccc4c(C4C=CC=CC4)c4ccccc34)C=C1)C=C2. The molecule has 0 amide bonds. The van der Waals surface area contributed by atoms with Crippen molar-refractivity contribution in [2.24, 2.45) is 11.8 Å². The van der Waals surface area contributed by atoms with Gasteiger partial charge in [0.1, 0.15) is 5.82 Å². The minimum absolute atomic E-state index is 0.324. The molecule has 0 N–H and O–H groups in total. The first-order chi connectivity index (χ1) is 21.2. The van der Waals surface area contributed by atoms with Crippen LogP contribution >= 0.6 is 0 Å². The lowest BCUT2D eigenvalue weighted by Gasteiger charge is -2.31. The highest BCUT2D eigenvalue weighted by molar-refractivity contribution is 6.07. The van der Waals surface area contributed by atoms with Crippen molar-refractivity contribution in [2.45, 2.75) is 51.0 Å². The number of nitrogens with zero attached hydrogens (tertiary/aromatic N) is 2. The Hall–Kier alpha value is -4.43. The van der Waals surface area contributed by atoms with Crippen molar-refractivity contribution in [3.8, 4) is 0 Å². The van der Waals surface area contributed by atoms with Crippen LogP contribution in [0.15, 0.2) is 127 Å². The average Bonchev–Trinajstić information content (AvgIpc) is 3.39. The Balaban J connectivity index is 1.16. The Morgan fingerprint density at radius 3 is 2.00 bits per heavy atom. The van der Waals surface area contributed by atoms with E-state index in [4.69, 9.17) is 4.98 Å². The van der Waals surface area contributed by atoms with E-state index in [9.17, 15) is 0 Å². The molecule has 4 aliphatic rings. The zero-order valence-corrected chi connectivity index (χ0v) is 25.0. The van der Waals surface area contributed by atoms with Gasteiger partial charge in [0.15, 0.2) is 0 Å². The fraction of sp³-hybridized carbons (Fsp3) is 0.244. The van der Waals surface area contributed by atoms with Crippen LogP contribution in [0.5, 0.6) is 0 Å². The van der Waals surface area contributed by atoms with Crippen molar-refractivity contribution in [1.29, 1.82) is 0 Å². The second-order valence-corrected chi connectivity index (χ2v) is 12.6. The second-order valence-electron chi connectivity index (χ2n) is 12.6. The number of imidazole rings is 1. The summed E-state index contributed by atoms with van der Waals surface area (Å²) < 4.78 is 2.47. The minimum atomic E-state index is 0.324. The van der Waals surface area contributed by atoms with Crippen molar-refractivity contribution >= 4 is 27.6 Å². The van der Waals surface area contributed by atoms with Crippen molar-refractivity contribution in [1.82, 2.24) is 9.55 Å². The van der Waals surface area contributed by atoms with Gasteiger partial charge in [-0.1, -0.05) is 128 Å². The van der Waals surface area contributed by atoms with Crippen LogP contribution in [0.1, 0.15) is 66.0 Å². The Bertz CT molecular complexity index is 1900. The van der Waals surface area contributed by atoms with Gasteiger partial charge in [-0.15, -0.1) is 0 Å². The average molecular weight is 559 g/mol. The molecule has 0 saturated heterocycles. The lowest BCUT2D eigenvalue weighted by molar-refractivity contribution is 0.548. The summed E-state index contributed by atoms with van der Waals surface area (Å²) in [7, 11) is 0. The summed E-state index contributed by atoms with van der Waals surface area (Å²) in [5, 5.41) is 5.59. The summed E-state index contributed by atoms with van der Waals surface area (Å²) in [6, 6.07) is 18.6. The van der Waals surface area contributed by atoms with E-state index >= 15 is 0 Å². The van der Waals surface area contributed by atoms with Gasteiger partial charge in [-0.3, -0.25) is 0 Å². The molecule has 0 aliphatic heterocycles. The van der Waals surface area contributed by atoms with Gasteiger partial charge in [-0.05, 0) is 70.0 Å². The Kier molecular flexibility index (Phi) is 6.52. The lowest BCUT2D eigenvalue weighted by atomic mass is 9.74. The lowest BCUT2D eigenvalue weighted by Crippen LogP contribution is -2.19. The van der Waals surface area contributed by atoms with E-state index in [0.717, 1.165) is 30.8 Å². The molecule has 5 atom stereocenters. The van der Waals surface area contributed by atoms with E-state index in [2.05, 4.69) is 146 Å². The topological polar surface area (TPSA) is 17.8 Å². The number of allylic oxidation sites excluding steroid dienone is 13. The summed E-state index contributed by atoms with van der Waals surface area (Å²) in [4.78, 5) is 4.94. The number of rotatable bonds is 4. The van der Waals surface area contributed by atoms with Crippen LogP contribution in [0.4, 0.5) is 0 Å². The van der Waals surface area contributed by atoms with Gasteiger partial charge in [0.25, 0.3) is 0 Å². The Morgan fingerprint density at radius 2 is 1.37 bits per heavy atom. The van der Waals surface area contributed by atoms with Crippen molar-refractivity contribution in [2.75, 3.05) is 0 Å². The maximum atomic E-state index is 4.94. The highest BCUT2D eigenvalue weighted by Crippen LogP contribution is 2.46. The number of benzene rings is 3. The quantitative estimate of drug-likeness (QED) is 0.228. The van der Waals surface area contributed by atoms with Gasteiger partial charge >= 0.3 is 0 Å². The molecule has 5 unspecified atom stereocenters. The van der Waals surface area contributed by atoms with E-state index in [1.54, 1.807) is 0 Å². The molecule has 0 saturated carbocycles. The number of hydrogen-bond donors (Lipinski definition) is 0. The number of fused-ring (bicyclic) bond motifs is 3. The van der Waals surface area contributed by atoms with Gasteiger partial charge in [-0.2, -0.15) is 0 Å². The van der Waals surface area contributed by atoms with Gasteiger partial charge < -0.3 is 4.57 Å². The normalized spacial score (nSPS) is 25.9. The first-order valence-electron chi connectivity index (χ1n) is 15.9. The van der Waals surface area contributed by atoms with Gasteiger partial charge in [0.05, 0.1) is 11.7 Å². The van der Waals surface area contributed by atoms with Crippen molar-refractivity contribution < 1.29 is 0 Å². The molecule has 2 heteroatoms. The molecule has 0 radical (unpaired) electrons. The third-order valence-corrected chi connectivity index (χ3v) is 10.1. The fourth-order valence-electron chi connectivity index (χ4n) is 8.07. The Labute approximate surface area is 254 Å². The third kappa shape index (κ3) is 4.43. The zero-order chi connectivity index (χ0) is 28.9. The molecule has 0 fully saturated rings. The van der Waals surface area contributed by atoms with Crippen LogP contribution in [0.3, 0.4) is 0 Å². The molecule has 212 valence electrons. The van der Waals surface area contributed by atoms with E-state index in [1.165, 1.54) is 43.9 Å². The maximum absolute atomic E-state index is 4.94. The van der Waals surface area contributed by atoms with Crippen LogP contribution in [0.2, 0.25) is 0 Å². The van der Waals surface area contributed by atoms with Crippen molar-refractivity contribution in [3.05, 3.63) is 155 Å². The molecule has 3 aromatic carbocycles. The molecule has 1 heterocycles. The summed E-state index contributed by atoms with van der Waals surface area (Å²) in [5.74, 6) is 2.60. The summed E-state index contributed by atoms with van der Waals surface area (Å²) >= 11 is 0. The molecule has 43 heavy (non-hydrogen) atoms. The van der Waals surface area contributed by atoms with Crippen LogP contribution in [-0.4, -0.2) is 9.55 Å². The van der Waals surface area contributed by atoms with Gasteiger partial charge in [0.2, 0.25) is 0 Å². The summed E-state index contributed by atoms with van der Waals surface area (Å²) in [6.45, 7) is 4.56. The molecular formula is C41H38N2. The number of aromatic nitrogens is 2. The van der Waals surface area contributed by atoms with Gasteiger partial charge in [0, 0.05) is 29.9 Å². The minimum Gasteiger partial charge on any atom is -0.324 e. The largest absolute Gasteiger partial charge is 0.324 e. The van der Waals surface area contributed by atoms with Crippen LogP contribution in [0.25, 0.3) is 27.6 Å². The fourth-order valence-corrected chi connectivity index (χ4v) is 8.07. The standard InChI is InChI=1S/C41H38N2/c1-27-25-30(31-22-24-38-39(26-31)43(28(2)42-38)32-15-7-4-8-16-32)21-23-33(27)41-36-19-11-9-17-34(36)40(29-13-5-3-6-14-29)35-18-10-12-20-37(35)41/h3-13,15,17-25,27,29,31-33H,14,16,26H2,1-2H3. The predicted octanol–water partition coefficient (Wildman–Crippen LogP) is 10.3. The highest BCUT2D eigenvalue weighted by atomic mass is 15.1. The zero-order valence-electron chi connectivity index (χ0n) is 25.0. The Morgan fingerprint density at radius 1 is 0.698 bits per heavy atom. The second kappa shape index (κ2) is 10.7. The molecular weight excluding hydrogens is 520 g/mol. The van der Waals surface area contributed by atoms with Crippen LogP contribution < -0.4 is 0 Å². The molecule has 4 aromatic rings. The smallest absolute Gasteiger partial charge is 0.107 e. The first-order valence-corrected chi connectivity index (χ1v) is 15.9. The molecule has 4 aliphatic carbocycles. The third-order valence-electron chi connectivity index (χ3n) is 10.1. The van der Waals surface area contributed by atoms with E-state index in [-0.39, 0.29) is 0 Å². The highest BCUT2D eigenvalue weighted by Gasteiger charge is 2.30. The van der Waals surface area contributed by atoms with Crippen molar-refractivity contribution in [3.63, 3.8) is 0 Å². The molecule has 2 nitrogen and oxygen atoms in total. The van der Waals surface area contributed by atoms with E-state index in [1.807, 2.05) is 0 Å². The van der Waals surface area contributed by atoms with Crippen LogP contribution in [0, 0.1) is 18.8 Å².